The molecule has 1 saturated heterocycles. The fourth-order valence-corrected chi connectivity index (χ4v) is 6.13. The van der Waals surface area contributed by atoms with Crippen molar-refractivity contribution in [3.63, 3.8) is 0 Å². The Morgan fingerprint density at radius 1 is 0.936 bits per heavy atom. The molecule has 0 atom stereocenters. The van der Waals surface area contributed by atoms with Crippen LogP contribution in [0.15, 0.2) is 67.4 Å². The number of likely N-dealkylation sites (tertiary alicyclic amines) is 1. The van der Waals surface area contributed by atoms with Crippen LogP contribution in [0.25, 0.3) is 55.6 Å². The fourth-order valence-electron chi connectivity index (χ4n) is 6.13. The summed E-state index contributed by atoms with van der Waals surface area (Å²) in [5.74, 6) is 0.0729. The number of aromatic nitrogens is 6. The van der Waals surface area contributed by atoms with Crippen molar-refractivity contribution in [2.45, 2.75) is 40.0 Å². The van der Waals surface area contributed by atoms with Gasteiger partial charge in [-0.1, -0.05) is 20.8 Å². The first kappa shape index (κ1) is 30.5. The van der Waals surface area contributed by atoms with Crippen molar-refractivity contribution in [2.75, 3.05) is 31.6 Å². The molecule has 0 spiro atoms. The van der Waals surface area contributed by atoms with E-state index in [1.54, 1.807) is 31.0 Å². The number of rotatable bonds is 9. The number of carbonyl (C=O) groups excluding carboxylic acids is 1. The molecule has 1 aliphatic heterocycles. The maximum atomic E-state index is 14.8. The second-order valence-corrected chi connectivity index (χ2v) is 13.3. The van der Waals surface area contributed by atoms with Crippen molar-refractivity contribution < 1.29 is 13.9 Å². The average Bonchev–Trinajstić information content (AvgIpc) is 3.79. The molecule has 1 aromatic carbocycles. The third kappa shape index (κ3) is 6.85. The quantitative estimate of drug-likeness (QED) is 0.154. The predicted octanol–water partition coefficient (Wildman–Crippen LogP) is 7.22. The number of hydrogen-bond donors (Lipinski definition) is 3. The van der Waals surface area contributed by atoms with E-state index in [-0.39, 0.29) is 17.1 Å². The van der Waals surface area contributed by atoms with E-state index in [0.717, 1.165) is 64.0 Å². The topological polar surface area (TPSA) is 125 Å². The largest absolute Gasteiger partial charge is 0.492 e. The van der Waals surface area contributed by atoms with E-state index in [4.69, 9.17) is 4.74 Å². The van der Waals surface area contributed by atoms with Gasteiger partial charge in [0.15, 0.2) is 5.65 Å². The second-order valence-electron chi connectivity index (χ2n) is 13.3. The fraction of sp³-hybridized carbons (Fsp3) is 0.306. The summed E-state index contributed by atoms with van der Waals surface area (Å²) in [6.45, 7) is 9.60. The lowest BCUT2D eigenvalue weighted by atomic mass is 9.92. The molecular weight excluding hydrogens is 595 g/mol. The van der Waals surface area contributed by atoms with Gasteiger partial charge in [0.2, 0.25) is 5.91 Å². The molecule has 0 aliphatic carbocycles. The van der Waals surface area contributed by atoms with Gasteiger partial charge in [-0.2, -0.15) is 5.10 Å². The zero-order valence-corrected chi connectivity index (χ0v) is 26.7. The third-order valence-corrected chi connectivity index (χ3v) is 8.33. The lowest BCUT2D eigenvalue weighted by Crippen LogP contribution is -2.25. The molecule has 1 aliphatic rings. The maximum Gasteiger partial charge on any atom is 0.224 e. The number of carbonyl (C=O) groups is 1. The minimum absolute atomic E-state index is 0.0608. The van der Waals surface area contributed by atoms with Gasteiger partial charge in [-0.25, -0.2) is 9.37 Å². The van der Waals surface area contributed by atoms with Crippen LogP contribution in [0, 0.1) is 11.2 Å². The van der Waals surface area contributed by atoms with Gasteiger partial charge < -0.3 is 15.0 Å². The molecule has 3 N–H and O–H groups in total. The van der Waals surface area contributed by atoms with E-state index in [9.17, 15) is 9.18 Å². The number of benzene rings is 1. The van der Waals surface area contributed by atoms with Gasteiger partial charge in [-0.15, -0.1) is 0 Å². The second kappa shape index (κ2) is 12.6. The molecule has 11 heteroatoms. The molecule has 0 radical (unpaired) electrons. The number of H-pyrrole nitrogens is 2. The summed E-state index contributed by atoms with van der Waals surface area (Å²) in [5.41, 5.74) is 6.51. The van der Waals surface area contributed by atoms with Crippen LogP contribution in [0.4, 0.5) is 10.1 Å². The third-order valence-electron chi connectivity index (χ3n) is 8.33. The molecule has 6 heterocycles. The lowest BCUT2D eigenvalue weighted by molar-refractivity contribution is -0.117. The van der Waals surface area contributed by atoms with E-state index in [1.165, 1.54) is 25.0 Å². The molecule has 1 amide bonds. The molecule has 6 aromatic rings. The summed E-state index contributed by atoms with van der Waals surface area (Å²) >= 11 is 0. The molecule has 10 nitrogen and oxygen atoms in total. The monoisotopic (exact) mass is 632 g/mol. The van der Waals surface area contributed by atoms with Crippen molar-refractivity contribution in [2.24, 2.45) is 5.41 Å². The summed E-state index contributed by atoms with van der Waals surface area (Å²) in [4.78, 5) is 31.7. The molecule has 0 bridgehead atoms. The van der Waals surface area contributed by atoms with Crippen molar-refractivity contribution in [3.05, 3.63) is 73.2 Å². The van der Waals surface area contributed by atoms with Gasteiger partial charge in [-0.3, -0.25) is 24.8 Å². The highest BCUT2D eigenvalue weighted by atomic mass is 19.1. The molecule has 0 saturated carbocycles. The first-order valence-electron chi connectivity index (χ1n) is 15.9. The van der Waals surface area contributed by atoms with Crippen LogP contribution in [0.3, 0.4) is 0 Å². The number of halogens is 1. The van der Waals surface area contributed by atoms with Crippen LogP contribution >= 0.6 is 0 Å². The Kier molecular flexibility index (Phi) is 8.15. The molecular formula is C36H37FN8O2. The van der Waals surface area contributed by atoms with Gasteiger partial charge in [-0.05, 0) is 67.2 Å². The van der Waals surface area contributed by atoms with Crippen LogP contribution in [0.1, 0.15) is 40.0 Å². The molecule has 240 valence electrons. The van der Waals surface area contributed by atoms with E-state index < -0.39 is 0 Å². The Morgan fingerprint density at radius 2 is 1.74 bits per heavy atom. The van der Waals surface area contributed by atoms with Crippen molar-refractivity contribution >= 4 is 33.5 Å². The lowest BCUT2D eigenvalue weighted by Gasteiger charge is -2.17. The Labute approximate surface area is 271 Å². The minimum Gasteiger partial charge on any atom is -0.492 e. The smallest absolute Gasteiger partial charge is 0.224 e. The van der Waals surface area contributed by atoms with E-state index >= 15 is 0 Å². The number of anilines is 1. The Morgan fingerprint density at radius 3 is 2.57 bits per heavy atom. The standard InChI is InChI=1S/C36H37FN8O2/c1-36(2,3)16-33(46)41-26-11-23(17-38-19-26)24-13-29-34(43-44-35(29)40-18-24)31-15-28-30(20-39-21-32(28)42-31)22-10-25(37)14-27(12-22)47-9-8-45-6-4-5-7-45/h10-15,17-21,42H,4-9,16H2,1-3H3,(H,41,46)(H,40,43,44). The van der Waals surface area contributed by atoms with Crippen LogP contribution in [-0.4, -0.2) is 67.2 Å². The molecule has 1 fully saturated rings. The number of pyridine rings is 3. The van der Waals surface area contributed by atoms with E-state index in [2.05, 4.69) is 40.3 Å². The van der Waals surface area contributed by atoms with Gasteiger partial charge in [0.1, 0.15) is 18.2 Å². The number of nitrogens with one attached hydrogen (secondary N) is 3. The highest BCUT2D eigenvalue weighted by molar-refractivity contribution is 6.01. The predicted molar refractivity (Wildman–Crippen MR) is 181 cm³/mol. The van der Waals surface area contributed by atoms with Crippen molar-refractivity contribution in [1.29, 1.82) is 0 Å². The van der Waals surface area contributed by atoms with Crippen LogP contribution < -0.4 is 10.1 Å². The first-order chi connectivity index (χ1) is 22.7. The highest BCUT2D eigenvalue weighted by Gasteiger charge is 2.18. The van der Waals surface area contributed by atoms with Crippen LogP contribution in [-0.2, 0) is 4.79 Å². The zero-order valence-electron chi connectivity index (χ0n) is 26.7. The first-order valence-corrected chi connectivity index (χ1v) is 15.9. The SMILES string of the molecule is CC(C)(C)CC(=O)Nc1cncc(-c2cnc3n[nH]c(-c4cc5c(-c6cc(F)cc(OCCN7CCCC7)c6)cncc5[nH]4)c3c2)c1. The molecule has 47 heavy (non-hydrogen) atoms. The number of ether oxygens (including phenoxy) is 1. The van der Waals surface area contributed by atoms with Crippen molar-refractivity contribution in [3.8, 4) is 39.4 Å². The highest BCUT2D eigenvalue weighted by Crippen LogP contribution is 2.36. The number of nitrogens with zero attached hydrogens (tertiary/aromatic N) is 5. The van der Waals surface area contributed by atoms with Gasteiger partial charge in [0.25, 0.3) is 0 Å². The summed E-state index contributed by atoms with van der Waals surface area (Å²) < 4.78 is 20.8. The van der Waals surface area contributed by atoms with Crippen LogP contribution in [0.5, 0.6) is 5.75 Å². The Balaban J connectivity index is 1.17. The van der Waals surface area contributed by atoms with Crippen LogP contribution in [0.2, 0.25) is 0 Å². The number of hydrogen-bond acceptors (Lipinski definition) is 7. The van der Waals surface area contributed by atoms with E-state index in [0.29, 0.717) is 35.7 Å². The Bertz CT molecular complexity index is 2070. The Hall–Kier alpha value is -5.16. The van der Waals surface area contributed by atoms with Gasteiger partial charge in [0, 0.05) is 65.1 Å². The van der Waals surface area contributed by atoms with Gasteiger partial charge >= 0.3 is 0 Å². The summed E-state index contributed by atoms with van der Waals surface area (Å²) in [6.07, 6.45) is 11.5. The summed E-state index contributed by atoms with van der Waals surface area (Å²) in [7, 11) is 0. The number of fused-ring (bicyclic) bond motifs is 2. The normalized spacial score (nSPS) is 13.9. The van der Waals surface area contributed by atoms with Crippen molar-refractivity contribution in [1.82, 2.24) is 35.0 Å². The number of amides is 1. The minimum atomic E-state index is -0.364. The maximum absolute atomic E-state index is 14.8. The molecule has 7 rings (SSSR count). The number of aromatic amines is 2. The molecule has 0 unspecified atom stereocenters. The molecule has 5 aromatic heterocycles. The average molecular weight is 633 g/mol. The van der Waals surface area contributed by atoms with E-state index in [1.807, 2.05) is 45.0 Å². The zero-order chi connectivity index (χ0) is 32.5. The summed E-state index contributed by atoms with van der Waals surface area (Å²) in [5, 5.41) is 12.2. The van der Waals surface area contributed by atoms with Gasteiger partial charge in [0.05, 0.1) is 35.0 Å². The summed E-state index contributed by atoms with van der Waals surface area (Å²) in [6, 6.07) is 10.7.